The maximum atomic E-state index is 12.2. The van der Waals surface area contributed by atoms with Crippen molar-refractivity contribution in [1.29, 1.82) is 0 Å². The van der Waals surface area contributed by atoms with Crippen molar-refractivity contribution >= 4 is 35.1 Å². The lowest BCUT2D eigenvalue weighted by Gasteiger charge is -2.13. The molecule has 1 aliphatic carbocycles. The third-order valence-corrected chi connectivity index (χ3v) is 5.45. The molecule has 4 heteroatoms. The zero-order chi connectivity index (χ0) is 11.8. The van der Waals surface area contributed by atoms with Crippen molar-refractivity contribution in [3.05, 3.63) is 45.2 Å². The lowest BCUT2D eigenvalue weighted by atomic mass is 10.1. The number of ketones is 2. The van der Waals surface area contributed by atoms with Gasteiger partial charge in [0.15, 0.2) is 11.6 Å². The predicted octanol–water partition coefficient (Wildman–Crippen LogP) is 3.15. The molecular formula is C13H10O2S2. The molecule has 0 bridgehead atoms. The molecule has 1 aromatic carbocycles. The van der Waals surface area contributed by atoms with Gasteiger partial charge in [0.25, 0.3) is 0 Å². The number of benzene rings is 1. The van der Waals surface area contributed by atoms with E-state index in [0.717, 1.165) is 22.2 Å². The summed E-state index contributed by atoms with van der Waals surface area (Å²) in [6.07, 6.45) is 1.14. The number of rotatable bonds is 0. The molecule has 0 amide bonds. The van der Waals surface area contributed by atoms with Gasteiger partial charge in [0, 0.05) is 11.1 Å². The summed E-state index contributed by atoms with van der Waals surface area (Å²) in [4.78, 5) is 24.4. The van der Waals surface area contributed by atoms with Crippen LogP contribution >= 0.6 is 23.5 Å². The second-order valence-electron chi connectivity index (χ2n) is 3.92. The Kier molecular flexibility index (Phi) is 2.84. The minimum atomic E-state index is -0.0949. The van der Waals surface area contributed by atoms with Gasteiger partial charge in [-0.25, -0.2) is 0 Å². The molecule has 0 spiro atoms. The van der Waals surface area contributed by atoms with Gasteiger partial charge in [-0.15, -0.1) is 23.5 Å². The van der Waals surface area contributed by atoms with Crippen molar-refractivity contribution in [3.8, 4) is 0 Å². The van der Waals surface area contributed by atoms with Gasteiger partial charge in [-0.3, -0.25) is 9.59 Å². The Bertz CT molecular complexity index is 501. The highest BCUT2D eigenvalue weighted by molar-refractivity contribution is 8.22. The van der Waals surface area contributed by atoms with Crippen molar-refractivity contribution in [2.75, 3.05) is 11.5 Å². The maximum Gasteiger partial charge on any atom is 0.199 e. The highest BCUT2D eigenvalue weighted by atomic mass is 32.2. The maximum absolute atomic E-state index is 12.2. The Morgan fingerprint density at radius 2 is 1.41 bits per heavy atom. The molecule has 0 aromatic heterocycles. The molecule has 1 fully saturated rings. The van der Waals surface area contributed by atoms with Crippen LogP contribution in [0.3, 0.4) is 0 Å². The van der Waals surface area contributed by atoms with Gasteiger partial charge in [0.1, 0.15) is 0 Å². The third kappa shape index (κ3) is 1.76. The summed E-state index contributed by atoms with van der Waals surface area (Å²) in [5, 5.41) is 0. The number of Topliss-reactive ketones (excluding diaryl/α,β-unsaturated/α-hetero) is 2. The summed E-state index contributed by atoms with van der Waals surface area (Å²) in [6, 6.07) is 7.08. The number of fused-ring (bicyclic) bond motifs is 1. The van der Waals surface area contributed by atoms with Crippen LogP contribution in [0, 0.1) is 0 Å². The van der Waals surface area contributed by atoms with Gasteiger partial charge < -0.3 is 0 Å². The first-order valence-electron chi connectivity index (χ1n) is 5.47. The van der Waals surface area contributed by atoms with E-state index in [1.807, 2.05) is 0 Å². The lowest BCUT2D eigenvalue weighted by Crippen LogP contribution is -2.05. The van der Waals surface area contributed by atoms with Crippen molar-refractivity contribution in [2.24, 2.45) is 0 Å². The SMILES string of the molecule is O=C1C(=C2SCCCS2)C(=O)c2ccccc21. The fourth-order valence-corrected chi connectivity index (χ4v) is 4.64. The first-order chi connectivity index (χ1) is 8.29. The normalized spacial score (nSPS) is 19.8. The van der Waals surface area contributed by atoms with Crippen molar-refractivity contribution in [1.82, 2.24) is 0 Å². The molecule has 0 atom stereocenters. The number of hydrogen-bond donors (Lipinski definition) is 0. The van der Waals surface area contributed by atoms with Gasteiger partial charge in [0.05, 0.1) is 9.81 Å². The Balaban J connectivity index is 2.11. The van der Waals surface area contributed by atoms with Crippen LogP contribution in [0.15, 0.2) is 34.1 Å². The molecule has 1 heterocycles. The van der Waals surface area contributed by atoms with Crippen LogP contribution in [0.4, 0.5) is 0 Å². The molecule has 1 aromatic rings. The third-order valence-electron chi connectivity index (χ3n) is 2.83. The summed E-state index contributed by atoms with van der Waals surface area (Å²) in [5.41, 5.74) is 1.53. The average molecular weight is 262 g/mol. The number of thioether (sulfide) groups is 2. The Labute approximate surface area is 108 Å². The Morgan fingerprint density at radius 3 is 1.94 bits per heavy atom. The quantitative estimate of drug-likeness (QED) is 0.531. The molecule has 1 aliphatic heterocycles. The number of allylic oxidation sites excluding steroid dienone is 1. The highest BCUT2D eigenvalue weighted by Crippen LogP contribution is 2.41. The van der Waals surface area contributed by atoms with Gasteiger partial charge in [-0.05, 0) is 17.9 Å². The molecule has 0 unspecified atom stereocenters. The molecule has 17 heavy (non-hydrogen) atoms. The molecule has 1 saturated heterocycles. The Hall–Kier alpha value is -1.00. The average Bonchev–Trinajstić information content (AvgIpc) is 2.64. The molecule has 2 nitrogen and oxygen atoms in total. The molecular weight excluding hydrogens is 252 g/mol. The van der Waals surface area contributed by atoms with E-state index < -0.39 is 0 Å². The van der Waals surface area contributed by atoms with E-state index in [4.69, 9.17) is 0 Å². The van der Waals surface area contributed by atoms with Crippen LogP contribution in [0.1, 0.15) is 27.1 Å². The van der Waals surface area contributed by atoms with Crippen LogP contribution < -0.4 is 0 Å². The molecule has 2 aliphatic rings. The van der Waals surface area contributed by atoms with E-state index >= 15 is 0 Å². The van der Waals surface area contributed by atoms with Gasteiger partial charge >= 0.3 is 0 Å². The monoisotopic (exact) mass is 262 g/mol. The summed E-state index contributed by atoms with van der Waals surface area (Å²) >= 11 is 3.28. The smallest absolute Gasteiger partial charge is 0.199 e. The number of carbonyl (C=O) groups is 2. The largest absolute Gasteiger partial charge is 0.288 e. The van der Waals surface area contributed by atoms with E-state index in [2.05, 4.69) is 0 Å². The van der Waals surface area contributed by atoms with Crippen molar-refractivity contribution < 1.29 is 9.59 Å². The summed E-state index contributed by atoms with van der Waals surface area (Å²) in [5.74, 6) is 1.82. The van der Waals surface area contributed by atoms with E-state index in [9.17, 15) is 9.59 Å². The topological polar surface area (TPSA) is 34.1 Å². The predicted molar refractivity (Wildman–Crippen MR) is 71.7 cm³/mol. The van der Waals surface area contributed by atoms with Gasteiger partial charge in [-0.1, -0.05) is 24.3 Å². The molecule has 86 valence electrons. The van der Waals surface area contributed by atoms with Crippen LogP contribution in [0.25, 0.3) is 0 Å². The highest BCUT2D eigenvalue weighted by Gasteiger charge is 2.35. The second kappa shape index (κ2) is 4.35. The molecule has 0 saturated carbocycles. The first kappa shape index (κ1) is 11.1. The van der Waals surface area contributed by atoms with E-state index in [0.29, 0.717) is 16.7 Å². The van der Waals surface area contributed by atoms with Crippen molar-refractivity contribution in [3.63, 3.8) is 0 Å². The van der Waals surface area contributed by atoms with Crippen LogP contribution in [0.2, 0.25) is 0 Å². The minimum Gasteiger partial charge on any atom is -0.288 e. The zero-order valence-electron chi connectivity index (χ0n) is 9.06. The lowest BCUT2D eigenvalue weighted by molar-refractivity contribution is 0.0989. The fourth-order valence-electron chi connectivity index (χ4n) is 2.01. The standard InChI is InChI=1S/C13H10O2S2/c14-11-8-4-1-2-5-9(8)12(15)10(11)13-16-6-3-7-17-13/h1-2,4-5H,3,6-7H2. The van der Waals surface area contributed by atoms with E-state index in [-0.39, 0.29) is 11.6 Å². The first-order valence-corrected chi connectivity index (χ1v) is 7.44. The number of carbonyl (C=O) groups excluding carboxylic acids is 2. The summed E-state index contributed by atoms with van der Waals surface area (Å²) in [7, 11) is 0. The molecule has 3 rings (SSSR count). The van der Waals surface area contributed by atoms with Crippen molar-refractivity contribution in [2.45, 2.75) is 6.42 Å². The molecule has 0 radical (unpaired) electrons. The van der Waals surface area contributed by atoms with E-state index in [1.54, 1.807) is 47.8 Å². The molecule has 0 N–H and O–H groups in total. The second-order valence-corrected chi connectivity index (χ2v) is 6.39. The van der Waals surface area contributed by atoms with Gasteiger partial charge in [-0.2, -0.15) is 0 Å². The minimum absolute atomic E-state index is 0.0949. The fraction of sp³-hybridized carbons (Fsp3) is 0.231. The summed E-state index contributed by atoms with van der Waals surface area (Å²) < 4.78 is 0.919. The number of hydrogen-bond acceptors (Lipinski definition) is 4. The van der Waals surface area contributed by atoms with Gasteiger partial charge in [0.2, 0.25) is 0 Å². The Morgan fingerprint density at radius 1 is 0.882 bits per heavy atom. The van der Waals surface area contributed by atoms with E-state index in [1.165, 1.54) is 0 Å². The van der Waals surface area contributed by atoms with Crippen LogP contribution in [-0.2, 0) is 0 Å². The zero-order valence-corrected chi connectivity index (χ0v) is 10.7. The van der Waals surface area contributed by atoms with Crippen LogP contribution in [-0.4, -0.2) is 23.1 Å². The summed E-state index contributed by atoms with van der Waals surface area (Å²) in [6.45, 7) is 0. The van der Waals surface area contributed by atoms with Crippen LogP contribution in [0.5, 0.6) is 0 Å².